The molecule has 1 atom stereocenters. The summed E-state index contributed by atoms with van der Waals surface area (Å²) in [6, 6.07) is 0.143. The predicted molar refractivity (Wildman–Crippen MR) is 76.2 cm³/mol. The first-order valence-electron chi connectivity index (χ1n) is 7.17. The van der Waals surface area contributed by atoms with Gasteiger partial charge in [-0.3, -0.25) is 4.79 Å². The molecule has 0 saturated carbocycles. The van der Waals surface area contributed by atoms with Crippen LogP contribution in [0, 0.1) is 0 Å². The zero-order valence-electron chi connectivity index (χ0n) is 12.6. The van der Waals surface area contributed by atoms with Gasteiger partial charge in [0, 0.05) is 25.0 Å². The van der Waals surface area contributed by atoms with Crippen molar-refractivity contribution in [2.45, 2.75) is 71.9 Å². The first-order chi connectivity index (χ1) is 8.88. The summed E-state index contributed by atoms with van der Waals surface area (Å²) in [5.41, 5.74) is 0. The van der Waals surface area contributed by atoms with E-state index in [4.69, 9.17) is 5.11 Å². The van der Waals surface area contributed by atoms with Crippen LogP contribution in [0.2, 0.25) is 0 Å². The molecule has 19 heavy (non-hydrogen) atoms. The normalized spacial score (nSPS) is 12.3. The number of carboxylic acid groups (broad SMARTS) is 1. The zero-order chi connectivity index (χ0) is 14.8. The summed E-state index contributed by atoms with van der Waals surface area (Å²) in [4.78, 5) is 24.3. The summed E-state index contributed by atoms with van der Waals surface area (Å²) in [7, 11) is 0. The molecule has 2 N–H and O–H groups in total. The number of urea groups is 1. The average Bonchev–Trinajstić information content (AvgIpc) is 2.30. The molecule has 0 saturated heterocycles. The molecular weight excluding hydrogens is 244 g/mol. The van der Waals surface area contributed by atoms with E-state index in [1.54, 1.807) is 4.90 Å². The third-order valence-corrected chi connectivity index (χ3v) is 3.03. The van der Waals surface area contributed by atoms with E-state index in [9.17, 15) is 9.59 Å². The third kappa shape index (κ3) is 8.46. The van der Waals surface area contributed by atoms with Crippen LogP contribution in [0.1, 0.15) is 59.8 Å². The highest BCUT2D eigenvalue weighted by atomic mass is 16.4. The molecule has 2 amide bonds. The Morgan fingerprint density at radius 2 is 1.84 bits per heavy atom. The average molecular weight is 272 g/mol. The van der Waals surface area contributed by atoms with Crippen LogP contribution in [0.4, 0.5) is 4.79 Å². The van der Waals surface area contributed by atoms with Gasteiger partial charge in [0.25, 0.3) is 0 Å². The van der Waals surface area contributed by atoms with Gasteiger partial charge in [0.1, 0.15) is 0 Å². The predicted octanol–water partition coefficient (Wildman–Crippen LogP) is 2.85. The maximum Gasteiger partial charge on any atom is 0.317 e. The minimum atomic E-state index is -0.819. The van der Waals surface area contributed by atoms with Gasteiger partial charge in [-0.15, -0.1) is 0 Å². The van der Waals surface area contributed by atoms with Gasteiger partial charge in [0.2, 0.25) is 0 Å². The van der Waals surface area contributed by atoms with E-state index < -0.39 is 5.97 Å². The molecule has 0 aliphatic carbocycles. The summed E-state index contributed by atoms with van der Waals surface area (Å²) >= 11 is 0. The SMILES string of the molecule is CCCCC(C)NC(=O)N(CCCC(=O)O)C(C)C. The number of carbonyl (C=O) groups excluding carboxylic acids is 1. The van der Waals surface area contributed by atoms with Crippen molar-refractivity contribution in [1.29, 1.82) is 0 Å². The van der Waals surface area contributed by atoms with E-state index in [1.165, 1.54) is 0 Å². The number of amides is 2. The van der Waals surface area contributed by atoms with Gasteiger partial charge in [0.05, 0.1) is 0 Å². The number of carboxylic acids is 1. The van der Waals surface area contributed by atoms with Crippen LogP contribution < -0.4 is 5.32 Å². The Bertz CT molecular complexity index is 280. The summed E-state index contributed by atoms with van der Waals surface area (Å²) < 4.78 is 0. The highest BCUT2D eigenvalue weighted by Gasteiger charge is 2.18. The Hall–Kier alpha value is -1.26. The van der Waals surface area contributed by atoms with E-state index in [-0.39, 0.29) is 24.5 Å². The lowest BCUT2D eigenvalue weighted by Gasteiger charge is -2.28. The molecule has 0 aromatic carbocycles. The molecular formula is C14H28N2O3. The van der Waals surface area contributed by atoms with Crippen molar-refractivity contribution >= 4 is 12.0 Å². The number of carbonyl (C=O) groups is 2. The highest BCUT2D eigenvalue weighted by Crippen LogP contribution is 2.05. The summed E-state index contributed by atoms with van der Waals surface area (Å²) in [6.45, 7) is 8.49. The molecule has 5 heteroatoms. The van der Waals surface area contributed by atoms with Gasteiger partial charge < -0.3 is 15.3 Å². The van der Waals surface area contributed by atoms with Crippen molar-refractivity contribution in [1.82, 2.24) is 10.2 Å². The zero-order valence-corrected chi connectivity index (χ0v) is 12.6. The quantitative estimate of drug-likeness (QED) is 0.678. The molecule has 0 aliphatic heterocycles. The van der Waals surface area contributed by atoms with E-state index >= 15 is 0 Å². The molecule has 0 aromatic rings. The molecule has 0 heterocycles. The van der Waals surface area contributed by atoms with Crippen LogP contribution >= 0.6 is 0 Å². The first-order valence-corrected chi connectivity index (χ1v) is 7.17. The molecule has 0 spiro atoms. The Kier molecular flexibility index (Phi) is 9.00. The number of aliphatic carboxylic acids is 1. The maximum atomic E-state index is 12.1. The van der Waals surface area contributed by atoms with Gasteiger partial charge in [-0.05, 0) is 33.6 Å². The molecule has 0 aromatic heterocycles. The van der Waals surface area contributed by atoms with E-state index in [1.807, 2.05) is 20.8 Å². The Labute approximate surface area is 116 Å². The number of rotatable bonds is 9. The maximum absolute atomic E-state index is 12.1. The number of hydrogen-bond donors (Lipinski definition) is 2. The van der Waals surface area contributed by atoms with Crippen LogP contribution in [0.5, 0.6) is 0 Å². The standard InChI is InChI=1S/C14H28N2O3/c1-5-6-8-12(4)15-14(19)16(11(2)3)10-7-9-13(17)18/h11-12H,5-10H2,1-4H3,(H,15,19)(H,17,18). The fourth-order valence-electron chi connectivity index (χ4n) is 1.87. The largest absolute Gasteiger partial charge is 0.481 e. The van der Waals surface area contributed by atoms with Crippen LogP contribution in [0.25, 0.3) is 0 Å². The minimum Gasteiger partial charge on any atom is -0.481 e. The van der Waals surface area contributed by atoms with Crippen LogP contribution in [0.3, 0.4) is 0 Å². The molecule has 112 valence electrons. The first kappa shape index (κ1) is 17.7. The second kappa shape index (κ2) is 9.64. The van der Waals surface area contributed by atoms with Crippen LogP contribution in [-0.4, -0.2) is 40.6 Å². The topological polar surface area (TPSA) is 69.6 Å². The number of nitrogens with zero attached hydrogens (tertiary/aromatic N) is 1. The van der Waals surface area contributed by atoms with Gasteiger partial charge in [-0.25, -0.2) is 4.79 Å². The summed E-state index contributed by atoms with van der Waals surface area (Å²) in [5.74, 6) is -0.819. The number of unbranched alkanes of at least 4 members (excludes halogenated alkanes) is 1. The summed E-state index contributed by atoms with van der Waals surface area (Å²) in [5, 5.41) is 11.6. The van der Waals surface area contributed by atoms with Crippen molar-refractivity contribution in [3.63, 3.8) is 0 Å². The van der Waals surface area contributed by atoms with Crippen molar-refractivity contribution in [3.05, 3.63) is 0 Å². The van der Waals surface area contributed by atoms with Crippen LogP contribution in [0.15, 0.2) is 0 Å². The fourth-order valence-corrected chi connectivity index (χ4v) is 1.87. The van der Waals surface area contributed by atoms with E-state index in [0.717, 1.165) is 19.3 Å². The third-order valence-electron chi connectivity index (χ3n) is 3.03. The fraction of sp³-hybridized carbons (Fsp3) is 0.857. The van der Waals surface area contributed by atoms with Gasteiger partial charge >= 0.3 is 12.0 Å². The molecule has 1 unspecified atom stereocenters. The highest BCUT2D eigenvalue weighted by molar-refractivity contribution is 5.74. The van der Waals surface area contributed by atoms with E-state index in [0.29, 0.717) is 13.0 Å². The Balaban J connectivity index is 4.21. The van der Waals surface area contributed by atoms with Gasteiger partial charge in [-0.1, -0.05) is 19.8 Å². The molecule has 0 rings (SSSR count). The van der Waals surface area contributed by atoms with E-state index in [2.05, 4.69) is 12.2 Å². The second-order valence-electron chi connectivity index (χ2n) is 5.28. The van der Waals surface area contributed by atoms with Crippen molar-refractivity contribution in [2.75, 3.05) is 6.54 Å². The Morgan fingerprint density at radius 3 is 2.32 bits per heavy atom. The van der Waals surface area contributed by atoms with Crippen molar-refractivity contribution < 1.29 is 14.7 Å². The monoisotopic (exact) mass is 272 g/mol. The van der Waals surface area contributed by atoms with Gasteiger partial charge in [0.15, 0.2) is 0 Å². The van der Waals surface area contributed by atoms with Gasteiger partial charge in [-0.2, -0.15) is 0 Å². The van der Waals surface area contributed by atoms with Crippen LogP contribution in [-0.2, 0) is 4.79 Å². The molecule has 0 aliphatic rings. The molecule has 0 bridgehead atoms. The lowest BCUT2D eigenvalue weighted by atomic mass is 10.1. The molecule has 0 fully saturated rings. The Morgan fingerprint density at radius 1 is 1.21 bits per heavy atom. The van der Waals surface area contributed by atoms with Crippen molar-refractivity contribution in [3.8, 4) is 0 Å². The molecule has 0 radical (unpaired) electrons. The minimum absolute atomic E-state index is 0.0761. The lowest BCUT2D eigenvalue weighted by Crippen LogP contribution is -2.47. The lowest BCUT2D eigenvalue weighted by molar-refractivity contribution is -0.137. The number of nitrogens with one attached hydrogen (secondary N) is 1. The van der Waals surface area contributed by atoms with Crippen molar-refractivity contribution in [2.24, 2.45) is 0 Å². The molecule has 5 nitrogen and oxygen atoms in total. The number of hydrogen-bond acceptors (Lipinski definition) is 2. The summed E-state index contributed by atoms with van der Waals surface area (Å²) in [6.07, 6.45) is 3.78. The second-order valence-corrected chi connectivity index (χ2v) is 5.28. The smallest absolute Gasteiger partial charge is 0.317 e.